The first-order chi connectivity index (χ1) is 9.45. The first kappa shape index (κ1) is 21.2. The number of hydrogen-bond acceptors (Lipinski definition) is 2. The van der Waals surface area contributed by atoms with E-state index < -0.39 is 11.9 Å². The molecule has 0 rings (SSSR count). The highest BCUT2D eigenvalue weighted by Crippen LogP contribution is 2.08. The van der Waals surface area contributed by atoms with Crippen molar-refractivity contribution in [2.75, 3.05) is 0 Å². The van der Waals surface area contributed by atoms with Crippen molar-refractivity contribution in [1.29, 1.82) is 0 Å². The largest absolute Gasteiger partial charge is 0.481 e. The Balaban J connectivity index is 0. The molecule has 2 N–H and O–H groups in total. The molecule has 0 aliphatic rings. The van der Waals surface area contributed by atoms with E-state index in [1.807, 2.05) is 0 Å². The highest BCUT2D eigenvalue weighted by Gasteiger charge is 2.08. The molecule has 0 aromatic heterocycles. The van der Waals surface area contributed by atoms with Gasteiger partial charge in [-0.15, -0.1) is 0 Å². The summed E-state index contributed by atoms with van der Waals surface area (Å²) in [6, 6.07) is 0. The summed E-state index contributed by atoms with van der Waals surface area (Å²) in [6.45, 7) is 6.03. The molecule has 0 aliphatic carbocycles. The average Bonchev–Trinajstić information content (AvgIpc) is 2.39. The van der Waals surface area contributed by atoms with Gasteiger partial charge in [-0.2, -0.15) is 0 Å². The summed E-state index contributed by atoms with van der Waals surface area (Å²) in [5.41, 5.74) is 0. The van der Waals surface area contributed by atoms with Gasteiger partial charge in [0, 0.05) is 6.42 Å². The third-order valence-electron chi connectivity index (χ3n) is 3.16. The maximum absolute atomic E-state index is 10.3. The number of aliphatic carboxylic acids is 2. The molecule has 0 aromatic carbocycles. The first-order valence-corrected chi connectivity index (χ1v) is 7.90. The van der Waals surface area contributed by atoms with Crippen LogP contribution in [-0.4, -0.2) is 22.2 Å². The van der Waals surface area contributed by atoms with Gasteiger partial charge in [-0.25, -0.2) is 0 Å². The molecule has 1 atom stereocenters. The Morgan fingerprint density at radius 1 is 0.850 bits per heavy atom. The molecule has 1 unspecified atom stereocenters. The Morgan fingerprint density at radius 3 is 1.80 bits per heavy atom. The summed E-state index contributed by atoms with van der Waals surface area (Å²) in [5, 5.41) is 16.8. The van der Waals surface area contributed by atoms with Crippen LogP contribution in [0.15, 0.2) is 0 Å². The van der Waals surface area contributed by atoms with Gasteiger partial charge in [0.1, 0.15) is 0 Å². The molecule has 4 heteroatoms. The topological polar surface area (TPSA) is 74.6 Å². The van der Waals surface area contributed by atoms with Crippen molar-refractivity contribution >= 4 is 11.9 Å². The number of rotatable bonds is 11. The minimum absolute atomic E-state index is 0.161. The molecule has 0 aromatic rings. The SMILES string of the molecule is CCCCCC(C)C(=O)O.CCCCCCCC(=O)O. The van der Waals surface area contributed by atoms with Crippen LogP contribution in [-0.2, 0) is 9.59 Å². The Bertz CT molecular complexity index is 239. The summed E-state index contributed by atoms with van der Waals surface area (Å²) in [6.07, 6.45) is 10.1. The molecule has 0 aliphatic heterocycles. The van der Waals surface area contributed by atoms with E-state index in [2.05, 4.69) is 13.8 Å². The Hall–Kier alpha value is -1.06. The highest BCUT2D eigenvalue weighted by atomic mass is 16.4. The molecule has 0 amide bonds. The number of carboxylic acid groups (broad SMARTS) is 2. The molecule has 120 valence electrons. The van der Waals surface area contributed by atoms with Crippen LogP contribution in [0.2, 0.25) is 0 Å². The van der Waals surface area contributed by atoms with E-state index in [1.165, 1.54) is 19.3 Å². The summed E-state index contributed by atoms with van der Waals surface area (Å²) < 4.78 is 0. The van der Waals surface area contributed by atoms with Gasteiger partial charge in [0.05, 0.1) is 5.92 Å². The molecule has 0 bridgehead atoms. The van der Waals surface area contributed by atoms with Crippen LogP contribution in [0, 0.1) is 5.92 Å². The summed E-state index contributed by atoms with van der Waals surface area (Å²) >= 11 is 0. The smallest absolute Gasteiger partial charge is 0.306 e. The van der Waals surface area contributed by atoms with Gasteiger partial charge in [-0.3, -0.25) is 9.59 Å². The molecule has 0 radical (unpaired) electrons. The zero-order chi connectivity index (χ0) is 15.8. The van der Waals surface area contributed by atoms with Crippen molar-refractivity contribution in [1.82, 2.24) is 0 Å². The van der Waals surface area contributed by atoms with E-state index >= 15 is 0 Å². The van der Waals surface area contributed by atoms with E-state index in [-0.39, 0.29) is 5.92 Å². The second-order valence-corrected chi connectivity index (χ2v) is 5.29. The second-order valence-electron chi connectivity index (χ2n) is 5.29. The lowest BCUT2D eigenvalue weighted by Crippen LogP contribution is -2.08. The fourth-order valence-corrected chi connectivity index (χ4v) is 1.70. The zero-order valence-corrected chi connectivity index (χ0v) is 13.4. The quantitative estimate of drug-likeness (QED) is 0.539. The predicted molar refractivity (Wildman–Crippen MR) is 82.0 cm³/mol. The van der Waals surface area contributed by atoms with Gasteiger partial charge < -0.3 is 10.2 Å². The molecule has 0 saturated heterocycles. The maximum Gasteiger partial charge on any atom is 0.306 e. The van der Waals surface area contributed by atoms with E-state index in [0.717, 1.165) is 38.5 Å². The summed E-state index contributed by atoms with van der Waals surface area (Å²) in [7, 11) is 0. The van der Waals surface area contributed by atoms with Crippen molar-refractivity contribution in [2.24, 2.45) is 5.92 Å². The molecule has 4 nitrogen and oxygen atoms in total. The first-order valence-electron chi connectivity index (χ1n) is 7.90. The van der Waals surface area contributed by atoms with Gasteiger partial charge >= 0.3 is 11.9 Å². The summed E-state index contributed by atoms with van der Waals surface area (Å²) in [5.74, 6) is -1.50. The van der Waals surface area contributed by atoms with Crippen molar-refractivity contribution in [3.05, 3.63) is 0 Å². The zero-order valence-electron chi connectivity index (χ0n) is 13.4. The molecular formula is C16H32O4. The van der Waals surface area contributed by atoms with Gasteiger partial charge in [-0.1, -0.05) is 65.7 Å². The standard InChI is InChI=1S/2C8H16O2/c1-3-4-5-6-7(2)8(9)10;1-2-3-4-5-6-7-8(9)10/h7H,3-6H2,1-2H3,(H,9,10);2-7H2,1H3,(H,9,10). The van der Waals surface area contributed by atoms with Crippen LogP contribution in [0.3, 0.4) is 0 Å². The lowest BCUT2D eigenvalue weighted by atomic mass is 10.0. The molecular weight excluding hydrogens is 256 g/mol. The van der Waals surface area contributed by atoms with Crippen molar-refractivity contribution < 1.29 is 19.8 Å². The lowest BCUT2D eigenvalue weighted by Gasteiger charge is -2.03. The average molecular weight is 288 g/mol. The third kappa shape index (κ3) is 19.3. The van der Waals surface area contributed by atoms with Gasteiger partial charge in [0.2, 0.25) is 0 Å². The van der Waals surface area contributed by atoms with Crippen molar-refractivity contribution in [3.63, 3.8) is 0 Å². The van der Waals surface area contributed by atoms with Gasteiger partial charge in [0.25, 0.3) is 0 Å². The minimum atomic E-state index is -0.670. The van der Waals surface area contributed by atoms with Crippen LogP contribution in [0.4, 0.5) is 0 Å². The van der Waals surface area contributed by atoms with E-state index in [4.69, 9.17) is 10.2 Å². The van der Waals surface area contributed by atoms with Crippen LogP contribution in [0.5, 0.6) is 0 Å². The second kappa shape index (κ2) is 16.0. The van der Waals surface area contributed by atoms with Crippen molar-refractivity contribution in [3.8, 4) is 0 Å². The molecule has 0 saturated carbocycles. The van der Waals surface area contributed by atoms with Gasteiger partial charge in [-0.05, 0) is 12.8 Å². The molecule has 0 spiro atoms. The highest BCUT2D eigenvalue weighted by molar-refractivity contribution is 5.69. The Morgan fingerprint density at radius 2 is 1.35 bits per heavy atom. The maximum atomic E-state index is 10.3. The van der Waals surface area contributed by atoms with E-state index in [9.17, 15) is 9.59 Å². The number of hydrogen-bond donors (Lipinski definition) is 2. The van der Waals surface area contributed by atoms with E-state index in [1.54, 1.807) is 6.92 Å². The number of unbranched alkanes of at least 4 members (excludes halogenated alkanes) is 6. The van der Waals surface area contributed by atoms with Gasteiger partial charge in [0.15, 0.2) is 0 Å². The minimum Gasteiger partial charge on any atom is -0.481 e. The van der Waals surface area contributed by atoms with Crippen LogP contribution < -0.4 is 0 Å². The fraction of sp³-hybridized carbons (Fsp3) is 0.875. The predicted octanol–water partition coefficient (Wildman–Crippen LogP) is 4.72. The summed E-state index contributed by atoms with van der Waals surface area (Å²) in [4.78, 5) is 20.3. The number of carboxylic acids is 2. The number of carbonyl (C=O) groups is 2. The monoisotopic (exact) mass is 288 g/mol. The molecule has 20 heavy (non-hydrogen) atoms. The van der Waals surface area contributed by atoms with Crippen LogP contribution in [0.25, 0.3) is 0 Å². The molecule has 0 heterocycles. The lowest BCUT2D eigenvalue weighted by molar-refractivity contribution is -0.141. The van der Waals surface area contributed by atoms with Crippen LogP contribution in [0.1, 0.15) is 85.0 Å². The third-order valence-corrected chi connectivity index (χ3v) is 3.16. The van der Waals surface area contributed by atoms with Crippen LogP contribution >= 0.6 is 0 Å². The van der Waals surface area contributed by atoms with E-state index in [0.29, 0.717) is 6.42 Å². The Labute approximate surface area is 123 Å². The van der Waals surface area contributed by atoms with Crippen molar-refractivity contribution in [2.45, 2.75) is 85.0 Å². The fourth-order valence-electron chi connectivity index (χ4n) is 1.70. The molecule has 0 fully saturated rings. The Kier molecular flexibility index (Phi) is 17.0. The normalized spacial score (nSPS) is 11.3.